The molecular weight excluding hydrogens is 294 g/mol. The van der Waals surface area contributed by atoms with Gasteiger partial charge < -0.3 is 15.4 Å². The molecule has 3 rings (SSSR count). The van der Waals surface area contributed by atoms with E-state index in [1.807, 2.05) is 31.2 Å². The molecule has 1 aromatic heterocycles. The van der Waals surface area contributed by atoms with Gasteiger partial charge in [-0.1, -0.05) is 29.8 Å². The maximum atomic E-state index is 12.5. The van der Waals surface area contributed by atoms with Crippen LogP contribution in [0.25, 0.3) is 0 Å². The topological polar surface area (TPSA) is 80.3 Å². The van der Waals surface area contributed by atoms with Gasteiger partial charge in [-0.05, 0) is 31.5 Å². The van der Waals surface area contributed by atoms with E-state index in [0.29, 0.717) is 18.1 Å². The number of benzene rings is 1. The standard InChI is InChI=1S/C17H17N3O3/c1-11-5-7-12(8-6-11)10-19-15(21)17(2)16(22)20-14-13(23-17)4-3-9-18-14/h3-9H,10H2,1-2H3,(H,19,21)(H,18,20,22)/t17-/m0/s1. The van der Waals surface area contributed by atoms with E-state index in [0.717, 1.165) is 11.1 Å². The molecular formula is C17H17N3O3. The Labute approximate surface area is 133 Å². The van der Waals surface area contributed by atoms with Crippen LogP contribution in [0.15, 0.2) is 42.6 Å². The molecule has 118 valence electrons. The van der Waals surface area contributed by atoms with Crippen molar-refractivity contribution in [3.05, 3.63) is 53.7 Å². The Hall–Kier alpha value is -2.89. The number of hydrogen-bond acceptors (Lipinski definition) is 4. The first-order chi connectivity index (χ1) is 11.0. The highest BCUT2D eigenvalue weighted by Crippen LogP contribution is 2.31. The van der Waals surface area contributed by atoms with Crippen molar-refractivity contribution in [1.29, 1.82) is 0 Å². The zero-order valence-corrected chi connectivity index (χ0v) is 12.9. The summed E-state index contributed by atoms with van der Waals surface area (Å²) in [4.78, 5) is 28.7. The highest BCUT2D eigenvalue weighted by atomic mass is 16.5. The molecule has 0 aliphatic carbocycles. The molecule has 2 amide bonds. The lowest BCUT2D eigenvalue weighted by atomic mass is 10.0. The third-order valence-corrected chi connectivity index (χ3v) is 3.76. The van der Waals surface area contributed by atoms with Crippen molar-refractivity contribution in [2.24, 2.45) is 0 Å². The quantitative estimate of drug-likeness (QED) is 0.847. The molecule has 23 heavy (non-hydrogen) atoms. The molecule has 0 unspecified atom stereocenters. The Morgan fingerprint density at radius 3 is 2.78 bits per heavy atom. The number of carbonyl (C=O) groups is 2. The molecule has 1 aliphatic heterocycles. The number of hydrogen-bond donors (Lipinski definition) is 2. The highest BCUT2D eigenvalue weighted by Gasteiger charge is 2.47. The molecule has 1 atom stereocenters. The Balaban J connectivity index is 1.73. The summed E-state index contributed by atoms with van der Waals surface area (Å²) < 4.78 is 5.61. The molecule has 1 aliphatic rings. The smallest absolute Gasteiger partial charge is 0.279 e. The molecule has 2 N–H and O–H groups in total. The number of ether oxygens (including phenoxy) is 1. The Kier molecular flexibility index (Phi) is 3.73. The van der Waals surface area contributed by atoms with Gasteiger partial charge in [-0.15, -0.1) is 0 Å². The summed E-state index contributed by atoms with van der Waals surface area (Å²) in [5, 5.41) is 5.35. The van der Waals surface area contributed by atoms with Crippen LogP contribution >= 0.6 is 0 Å². The molecule has 0 saturated carbocycles. The summed E-state index contributed by atoms with van der Waals surface area (Å²) in [5.41, 5.74) is 0.470. The van der Waals surface area contributed by atoms with Crippen LogP contribution in [0.5, 0.6) is 5.75 Å². The minimum absolute atomic E-state index is 0.321. The van der Waals surface area contributed by atoms with Gasteiger partial charge in [-0.3, -0.25) is 9.59 Å². The van der Waals surface area contributed by atoms with E-state index in [1.54, 1.807) is 18.3 Å². The first-order valence-corrected chi connectivity index (χ1v) is 7.28. The van der Waals surface area contributed by atoms with Gasteiger partial charge >= 0.3 is 0 Å². The van der Waals surface area contributed by atoms with Gasteiger partial charge in [0.05, 0.1) is 0 Å². The number of aryl methyl sites for hydroxylation is 1. The number of nitrogens with zero attached hydrogens (tertiary/aromatic N) is 1. The summed E-state index contributed by atoms with van der Waals surface area (Å²) in [7, 11) is 0. The van der Waals surface area contributed by atoms with Crippen LogP contribution in [0, 0.1) is 6.92 Å². The van der Waals surface area contributed by atoms with Gasteiger partial charge in [0.15, 0.2) is 11.6 Å². The van der Waals surface area contributed by atoms with Gasteiger partial charge in [0.2, 0.25) is 0 Å². The van der Waals surface area contributed by atoms with E-state index in [9.17, 15) is 9.59 Å². The predicted octanol–water partition coefficient (Wildman–Crippen LogP) is 1.80. The summed E-state index contributed by atoms with van der Waals surface area (Å²) in [5.74, 6) is -0.337. The molecule has 6 heteroatoms. The summed E-state index contributed by atoms with van der Waals surface area (Å²) >= 11 is 0. The lowest BCUT2D eigenvalue weighted by Gasteiger charge is -2.32. The van der Waals surface area contributed by atoms with Crippen LogP contribution in [0.3, 0.4) is 0 Å². The number of anilines is 1. The molecule has 2 heterocycles. The van der Waals surface area contributed by atoms with Crippen LogP contribution in [-0.4, -0.2) is 22.4 Å². The number of amides is 2. The van der Waals surface area contributed by atoms with E-state index in [2.05, 4.69) is 15.6 Å². The highest BCUT2D eigenvalue weighted by molar-refractivity contribution is 6.15. The zero-order valence-electron chi connectivity index (χ0n) is 12.9. The second-order valence-corrected chi connectivity index (χ2v) is 5.61. The normalized spacial score (nSPS) is 19.3. The van der Waals surface area contributed by atoms with Gasteiger partial charge in [-0.25, -0.2) is 4.98 Å². The second-order valence-electron chi connectivity index (χ2n) is 5.61. The number of fused-ring (bicyclic) bond motifs is 1. The Bertz CT molecular complexity index is 758. The predicted molar refractivity (Wildman–Crippen MR) is 84.9 cm³/mol. The zero-order chi connectivity index (χ0) is 16.4. The fourth-order valence-electron chi connectivity index (χ4n) is 2.27. The van der Waals surface area contributed by atoms with Crippen molar-refractivity contribution in [2.45, 2.75) is 26.0 Å². The van der Waals surface area contributed by atoms with E-state index >= 15 is 0 Å². The van der Waals surface area contributed by atoms with Crippen molar-refractivity contribution < 1.29 is 14.3 Å². The monoisotopic (exact) mass is 311 g/mol. The summed E-state index contributed by atoms with van der Waals surface area (Å²) in [6, 6.07) is 11.1. The number of nitrogens with one attached hydrogen (secondary N) is 2. The minimum atomic E-state index is -1.62. The molecule has 0 bridgehead atoms. The average molecular weight is 311 g/mol. The third kappa shape index (κ3) is 2.88. The van der Waals surface area contributed by atoms with E-state index in [-0.39, 0.29) is 0 Å². The van der Waals surface area contributed by atoms with E-state index < -0.39 is 17.4 Å². The number of aromatic nitrogens is 1. The molecule has 0 saturated heterocycles. The average Bonchev–Trinajstić information content (AvgIpc) is 2.55. The number of pyridine rings is 1. The van der Waals surface area contributed by atoms with Crippen molar-refractivity contribution in [1.82, 2.24) is 10.3 Å². The van der Waals surface area contributed by atoms with E-state index in [1.165, 1.54) is 6.92 Å². The minimum Gasteiger partial charge on any atom is -0.464 e. The van der Waals surface area contributed by atoms with Crippen LogP contribution < -0.4 is 15.4 Å². The summed E-state index contributed by atoms with van der Waals surface area (Å²) in [6.45, 7) is 3.77. The molecule has 1 aromatic carbocycles. The van der Waals surface area contributed by atoms with Gasteiger partial charge in [0, 0.05) is 12.7 Å². The first kappa shape index (κ1) is 15.0. The molecule has 0 radical (unpaired) electrons. The molecule has 6 nitrogen and oxygen atoms in total. The third-order valence-electron chi connectivity index (χ3n) is 3.76. The van der Waals surface area contributed by atoms with E-state index in [4.69, 9.17) is 4.74 Å². The molecule has 0 fully saturated rings. The second kappa shape index (κ2) is 5.72. The maximum absolute atomic E-state index is 12.5. The van der Waals surface area contributed by atoms with Crippen molar-refractivity contribution in [3.8, 4) is 5.75 Å². The van der Waals surface area contributed by atoms with Gasteiger partial charge in [-0.2, -0.15) is 0 Å². The number of carbonyl (C=O) groups excluding carboxylic acids is 2. The maximum Gasteiger partial charge on any atom is 0.279 e. The first-order valence-electron chi connectivity index (χ1n) is 7.28. The lowest BCUT2D eigenvalue weighted by Crippen LogP contribution is -2.58. The SMILES string of the molecule is Cc1ccc(CNC(=O)[C@]2(C)Oc3cccnc3NC2=O)cc1. The Morgan fingerprint density at radius 1 is 1.30 bits per heavy atom. The summed E-state index contributed by atoms with van der Waals surface area (Å²) in [6.07, 6.45) is 1.54. The van der Waals surface area contributed by atoms with Crippen molar-refractivity contribution in [3.63, 3.8) is 0 Å². The molecule has 2 aromatic rings. The largest absolute Gasteiger partial charge is 0.464 e. The van der Waals surface area contributed by atoms with Gasteiger partial charge in [0.25, 0.3) is 17.4 Å². The fourth-order valence-corrected chi connectivity index (χ4v) is 2.27. The Morgan fingerprint density at radius 2 is 2.04 bits per heavy atom. The molecule has 0 spiro atoms. The van der Waals surface area contributed by atoms with Crippen LogP contribution in [-0.2, 0) is 16.1 Å². The number of rotatable bonds is 3. The van der Waals surface area contributed by atoms with Crippen LogP contribution in [0.4, 0.5) is 5.82 Å². The lowest BCUT2D eigenvalue weighted by molar-refractivity contribution is -0.146. The van der Waals surface area contributed by atoms with Crippen LogP contribution in [0.2, 0.25) is 0 Å². The van der Waals surface area contributed by atoms with Gasteiger partial charge in [0.1, 0.15) is 0 Å². The fraction of sp³-hybridized carbons (Fsp3) is 0.235. The van der Waals surface area contributed by atoms with Crippen molar-refractivity contribution >= 4 is 17.6 Å². The van der Waals surface area contributed by atoms with Crippen molar-refractivity contribution in [2.75, 3.05) is 5.32 Å². The van der Waals surface area contributed by atoms with Crippen LogP contribution in [0.1, 0.15) is 18.1 Å².